The molecule has 1 saturated carbocycles. The molecular formula is C32H48ClN9O4S2. The van der Waals surface area contributed by atoms with E-state index in [9.17, 15) is 16.8 Å². The van der Waals surface area contributed by atoms with Crippen LogP contribution in [0.2, 0.25) is 0 Å². The molecule has 4 atom stereocenters. The Bertz CT molecular complexity index is 1860. The first-order valence-corrected chi connectivity index (χ1v) is 20.6. The summed E-state index contributed by atoms with van der Waals surface area (Å²) in [5.74, 6) is 4.12. The average molecular weight is 722 g/mol. The van der Waals surface area contributed by atoms with Gasteiger partial charge >= 0.3 is 0 Å². The van der Waals surface area contributed by atoms with Gasteiger partial charge in [-0.25, -0.2) is 36.8 Å². The normalized spacial score (nSPS) is 23.7. The molecule has 4 bridgehead atoms. The number of anilines is 2. The molecule has 8 rings (SSSR count). The van der Waals surface area contributed by atoms with Crippen molar-refractivity contribution in [1.29, 1.82) is 0 Å². The number of rotatable bonds is 7. The minimum Gasteiger partial charge on any atom is -0.355 e. The van der Waals surface area contributed by atoms with Gasteiger partial charge in [-0.05, 0) is 68.9 Å². The number of aromatic nitrogens is 6. The van der Waals surface area contributed by atoms with E-state index in [2.05, 4.69) is 45.8 Å². The first-order valence-electron chi connectivity index (χ1n) is 16.6. The van der Waals surface area contributed by atoms with Crippen molar-refractivity contribution in [2.24, 2.45) is 11.8 Å². The van der Waals surface area contributed by atoms with Crippen molar-refractivity contribution in [2.75, 3.05) is 47.5 Å². The van der Waals surface area contributed by atoms with Crippen molar-refractivity contribution >= 4 is 63.5 Å². The van der Waals surface area contributed by atoms with Gasteiger partial charge in [-0.15, -0.1) is 0 Å². The van der Waals surface area contributed by atoms with Gasteiger partial charge in [0.15, 0.2) is 0 Å². The predicted molar refractivity (Wildman–Crippen MR) is 192 cm³/mol. The summed E-state index contributed by atoms with van der Waals surface area (Å²) in [7, 11) is -1.54. The Morgan fingerprint density at radius 2 is 1.21 bits per heavy atom. The Morgan fingerprint density at radius 1 is 0.729 bits per heavy atom. The van der Waals surface area contributed by atoms with Gasteiger partial charge < -0.3 is 19.8 Å². The van der Waals surface area contributed by atoms with Crippen LogP contribution in [0.5, 0.6) is 0 Å². The third-order valence-corrected chi connectivity index (χ3v) is 13.0. The number of piperazine rings is 1. The molecule has 4 aromatic heterocycles. The van der Waals surface area contributed by atoms with Crippen LogP contribution in [0.4, 0.5) is 11.6 Å². The monoisotopic (exact) mass is 721 g/mol. The van der Waals surface area contributed by atoms with E-state index in [-0.39, 0.29) is 31.0 Å². The third kappa shape index (κ3) is 8.06. The zero-order chi connectivity index (χ0) is 33.2. The molecule has 1 aliphatic carbocycles. The maximum absolute atomic E-state index is 12.5. The number of aromatic amines is 2. The molecule has 13 nitrogen and oxygen atoms in total. The maximum Gasteiger partial charge on any atom is 0.232 e. The lowest BCUT2D eigenvalue weighted by Crippen LogP contribution is -2.56. The minimum absolute atomic E-state index is 0. The Kier molecular flexibility index (Phi) is 11.5. The summed E-state index contributed by atoms with van der Waals surface area (Å²) < 4.78 is 46.8. The average Bonchev–Trinajstić information content (AvgIpc) is 3.83. The van der Waals surface area contributed by atoms with E-state index < -0.39 is 19.1 Å². The molecule has 4 fully saturated rings. The topological polar surface area (TPSA) is 161 Å². The van der Waals surface area contributed by atoms with E-state index in [1.807, 2.05) is 25.4 Å². The van der Waals surface area contributed by atoms with Gasteiger partial charge in [0.2, 0.25) is 19.1 Å². The van der Waals surface area contributed by atoms with Crippen molar-refractivity contribution < 1.29 is 16.8 Å². The van der Waals surface area contributed by atoms with Crippen molar-refractivity contribution in [1.82, 2.24) is 34.2 Å². The number of sulfonamides is 1. The van der Waals surface area contributed by atoms with Gasteiger partial charge in [0.25, 0.3) is 0 Å². The Balaban J connectivity index is 0.000000159. The number of H-pyrrole nitrogens is 2. The molecular weight excluding hydrogens is 674 g/mol. The van der Waals surface area contributed by atoms with Gasteiger partial charge in [-0.3, -0.25) is 0 Å². The van der Waals surface area contributed by atoms with Crippen LogP contribution in [-0.4, -0.2) is 101 Å². The zero-order valence-electron chi connectivity index (χ0n) is 26.9. The van der Waals surface area contributed by atoms with E-state index in [0.29, 0.717) is 25.9 Å². The number of hydrogen-bond donors (Lipinski definition) is 2. The molecule has 2 N–H and O–H groups in total. The first-order chi connectivity index (χ1) is 22.6. The molecule has 48 heavy (non-hydrogen) atoms. The smallest absolute Gasteiger partial charge is 0.232 e. The van der Waals surface area contributed by atoms with Crippen molar-refractivity contribution in [2.45, 2.75) is 78.3 Å². The first kappa shape index (κ1) is 36.3. The van der Waals surface area contributed by atoms with Gasteiger partial charge in [0, 0.05) is 61.3 Å². The molecule has 0 radical (unpaired) electrons. The Hall–Kier alpha value is -3.01. The summed E-state index contributed by atoms with van der Waals surface area (Å²) in [6.07, 6.45) is 14.4. The number of hydrogen-bond acceptors (Lipinski definition) is 10. The molecule has 16 heteroatoms. The Labute approximate surface area is 288 Å². The number of halogens is 1. The highest BCUT2D eigenvalue weighted by Crippen LogP contribution is 2.39. The lowest BCUT2D eigenvalue weighted by Gasteiger charge is -2.40. The van der Waals surface area contributed by atoms with Crippen molar-refractivity contribution in [3.63, 3.8) is 0 Å². The van der Waals surface area contributed by atoms with Crippen LogP contribution in [0.1, 0.15) is 66.2 Å². The fourth-order valence-corrected chi connectivity index (χ4v) is 10.6. The molecule has 0 aromatic carbocycles. The predicted octanol–water partition coefficient (Wildman–Crippen LogP) is 5.15. The zero-order valence-corrected chi connectivity index (χ0v) is 29.3. The van der Waals surface area contributed by atoms with E-state index >= 15 is 0 Å². The molecule has 3 saturated heterocycles. The second-order valence-corrected chi connectivity index (χ2v) is 17.9. The van der Waals surface area contributed by atoms with E-state index in [4.69, 9.17) is 10.7 Å². The van der Waals surface area contributed by atoms with Gasteiger partial charge in [-0.2, -0.15) is 4.31 Å². The highest BCUT2D eigenvalue weighted by molar-refractivity contribution is 8.13. The fraction of sp³-hybridized carbons (Fsp3) is 0.625. The molecule has 7 heterocycles. The van der Waals surface area contributed by atoms with Crippen LogP contribution in [0.15, 0.2) is 37.2 Å². The third-order valence-electron chi connectivity index (χ3n) is 9.52. The molecule has 0 spiro atoms. The van der Waals surface area contributed by atoms with Crippen LogP contribution in [0.3, 0.4) is 0 Å². The summed E-state index contributed by atoms with van der Waals surface area (Å²) in [5, 5.41) is 2.16. The minimum atomic E-state index is -3.20. The van der Waals surface area contributed by atoms with Crippen LogP contribution >= 0.6 is 10.7 Å². The van der Waals surface area contributed by atoms with Crippen LogP contribution in [-0.2, 0) is 19.1 Å². The molecule has 4 unspecified atom stereocenters. The van der Waals surface area contributed by atoms with E-state index in [1.165, 1.54) is 32.4 Å². The highest BCUT2D eigenvalue weighted by Gasteiger charge is 2.46. The quantitative estimate of drug-likeness (QED) is 0.244. The largest absolute Gasteiger partial charge is 0.355 e. The standard InChI is InChI=1S/C15H21N5O2S.C13H16N4.C3H7ClO2S.CH4/c1-2-7-23(21,22)20-11-3-4-12(20)9-19(8-11)15-13-5-6-16-14(13)17-10-18-15;1-2-10-5-9(1)6-17(7-10)13-11-3-4-14-12(11)15-8-16-13;1-2-3-7(4,5)6;/h5-6,10-12H,2-4,7-9H2,1H3,(H,16,17,18);3-4,8-10H,1-2,5-7H2,(H,14,15,16);2-3H2,1H3;1H4. The highest BCUT2D eigenvalue weighted by atomic mass is 35.7. The second-order valence-electron chi connectivity index (χ2n) is 13.0. The van der Waals surface area contributed by atoms with Gasteiger partial charge in [0.05, 0.1) is 22.3 Å². The Morgan fingerprint density at radius 3 is 1.65 bits per heavy atom. The van der Waals surface area contributed by atoms with Crippen LogP contribution in [0.25, 0.3) is 22.1 Å². The van der Waals surface area contributed by atoms with Gasteiger partial charge in [0.1, 0.15) is 35.6 Å². The van der Waals surface area contributed by atoms with E-state index in [0.717, 1.165) is 58.4 Å². The molecule has 3 aliphatic heterocycles. The van der Waals surface area contributed by atoms with Gasteiger partial charge in [-0.1, -0.05) is 21.3 Å². The summed E-state index contributed by atoms with van der Waals surface area (Å²) in [4.78, 5) is 28.4. The second kappa shape index (κ2) is 15.3. The fourth-order valence-electron chi connectivity index (χ4n) is 7.70. The molecule has 4 aromatic rings. The van der Waals surface area contributed by atoms with E-state index in [1.54, 1.807) is 23.9 Å². The SMILES string of the molecule is C.CCCS(=O)(=O)Cl.CCCS(=O)(=O)N1C2CCC1CN(c1ncnc3[nH]ccc13)C2.c1nc(N2CC3CCC(C3)C2)c2cc[nH]c2n1. The number of nitrogens with one attached hydrogen (secondary N) is 2. The summed E-state index contributed by atoms with van der Waals surface area (Å²) >= 11 is 0. The van der Waals surface area contributed by atoms with Crippen molar-refractivity contribution in [3.05, 3.63) is 37.2 Å². The number of nitrogens with zero attached hydrogens (tertiary/aromatic N) is 7. The lowest BCUT2D eigenvalue weighted by molar-refractivity contribution is 0.286. The molecule has 0 amide bonds. The molecule has 4 aliphatic rings. The summed E-state index contributed by atoms with van der Waals surface area (Å²) in [6.45, 7) is 7.44. The summed E-state index contributed by atoms with van der Waals surface area (Å²) in [5.41, 5.74) is 1.77. The van der Waals surface area contributed by atoms with Crippen LogP contribution in [0, 0.1) is 11.8 Å². The number of piperidine rings is 1. The summed E-state index contributed by atoms with van der Waals surface area (Å²) in [6, 6.07) is 4.19. The lowest BCUT2D eigenvalue weighted by atomic mass is 9.99. The van der Waals surface area contributed by atoms with Crippen LogP contribution < -0.4 is 9.80 Å². The molecule has 264 valence electrons. The number of fused-ring (bicyclic) bond motifs is 6. The maximum atomic E-state index is 12.5. The van der Waals surface area contributed by atoms with Crippen molar-refractivity contribution in [3.8, 4) is 0 Å².